The Hall–Kier alpha value is -3.86. The van der Waals surface area contributed by atoms with Crippen molar-refractivity contribution in [3.8, 4) is 6.07 Å². The second-order valence-electron chi connectivity index (χ2n) is 9.28. The monoisotopic (exact) mass is 548 g/mol. The van der Waals surface area contributed by atoms with Crippen LogP contribution in [0.3, 0.4) is 0 Å². The maximum atomic E-state index is 13.6. The predicted octanol–water partition coefficient (Wildman–Crippen LogP) is 5.64. The van der Waals surface area contributed by atoms with E-state index in [1.165, 1.54) is 12.1 Å². The van der Waals surface area contributed by atoms with Gasteiger partial charge in [0.25, 0.3) is 11.5 Å². The molecule has 5 rings (SSSR count). The second-order valence-corrected chi connectivity index (χ2v) is 10.1. The minimum absolute atomic E-state index is 0.0504. The van der Waals surface area contributed by atoms with Gasteiger partial charge in [-0.15, -0.1) is 0 Å². The van der Waals surface area contributed by atoms with Gasteiger partial charge in [0.05, 0.1) is 27.8 Å². The number of amides is 1. The van der Waals surface area contributed by atoms with Crippen molar-refractivity contribution in [1.82, 2.24) is 9.47 Å². The number of nitrogens with zero attached hydrogens (tertiary/aromatic N) is 4. The van der Waals surface area contributed by atoms with E-state index >= 15 is 0 Å². The molecule has 9 heteroatoms. The van der Waals surface area contributed by atoms with Gasteiger partial charge in [-0.25, -0.2) is 4.39 Å². The lowest BCUT2D eigenvalue weighted by molar-refractivity contribution is 0.0747. The normalized spacial score (nSPS) is 13.6. The van der Waals surface area contributed by atoms with Crippen LogP contribution in [0.5, 0.6) is 0 Å². The Balaban J connectivity index is 1.50. The molecule has 3 aromatic carbocycles. The minimum atomic E-state index is -0.405. The van der Waals surface area contributed by atoms with Crippen LogP contribution in [-0.2, 0) is 6.54 Å². The van der Waals surface area contributed by atoms with Crippen LogP contribution in [0.15, 0.2) is 65.5 Å². The fourth-order valence-electron chi connectivity index (χ4n) is 4.86. The van der Waals surface area contributed by atoms with Gasteiger partial charge in [0.2, 0.25) is 0 Å². The number of piperazine rings is 1. The van der Waals surface area contributed by atoms with Crippen LogP contribution in [0.4, 0.5) is 10.1 Å². The van der Waals surface area contributed by atoms with Crippen LogP contribution in [-0.4, -0.2) is 41.6 Å². The molecule has 0 saturated carbocycles. The smallest absolute Gasteiger partial charge is 0.271 e. The van der Waals surface area contributed by atoms with E-state index < -0.39 is 5.56 Å². The first-order valence-corrected chi connectivity index (χ1v) is 12.8. The molecule has 1 aliphatic heterocycles. The summed E-state index contributed by atoms with van der Waals surface area (Å²) in [5.41, 5.74) is 3.10. The zero-order chi connectivity index (χ0) is 27.0. The van der Waals surface area contributed by atoms with Crippen LogP contribution in [0.2, 0.25) is 10.0 Å². The number of fused-ring (bicyclic) bond motifs is 1. The van der Waals surface area contributed by atoms with Crippen molar-refractivity contribution in [3.05, 3.63) is 109 Å². The van der Waals surface area contributed by atoms with Crippen molar-refractivity contribution in [1.29, 1.82) is 5.26 Å². The molecule has 1 fully saturated rings. The summed E-state index contributed by atoms with van der Waals surface area (Å²) >= 11 is 12.1. The summed E-state index contributed by atoms with van der Waals surface area (Å²) in [4.78, 5) is 30.4. The summed E-state index contributed by atoms with van der Waals surface area (Å²) in [7, 11) is 0. The van der Waals surface area contributed by atoms with E-state index in [9.17, 15) is 19.2 Å². The number of nitriles is 1. The highest BCUT2D eigenvalue weighted by Gasteiger charge is 2.27. The molecular weight excluding hydrogens is 526 g/mol. The zero-order valence-electron chi connectivity index (χ0n) is 20.5. The number of benzene rings is 3. The van der Waals surface area contributed by atoms with E-state index in [1.807, 2.05) is 30.0 Å². The summed E-state index contributed by atoms with van der Waals surface area (Å²) in [6.45, 7) is 3.89. The topological polar surface area (TPSA) is 69.3 Å². The molecule has 0 atom stereocenters. The number of carbonyl (C=O) groups excluding carboxylic acids is 1. The van der Waals surface area contributed by atoms with E-state index in [-0.39, 0.29) is 23.8 Å². The van der Waals surface area contributed by atoms with Crippen LogP contribution in [0, 0.1) is 24.1 Å². The van der Waals surface area contributed by atoms with Crippen molar-refractivity contribution in [2.75, 3.05) is 31.1 Å². The molecule has 0 aliphatic carbocycles. The summed E-state index contributed by atoms with van der Waals surface area (Å²) in [6.07, 6.45) is 0. The molecule has 2 heterocycles. The zero-order valence-corrected chi connectivity index (χ0v) is 22.1. The van der Waals surface area contributed by atoms with E-state index in [2.05, 4.69) is 6.07 Å². The highest BCUT2D eigenvalue weighted by Crippen LogP contribution is 2.31. The van der Waals surface area contributed by atoms with Gasteiger partial charge in [0.15, 0.2) is 0 Å². The average molecular weight is 549 g/mol. The summed E-state index contributed by atoms with van der Waals surface area (Å²) in [5, 5.41) is 11.6. The SMILES string of the molecule is Cc1ccc2c(c1)c(N1CCN(C(=O)c3ccc(Cl)c(Cl)c3)CC1)c(C#N)c(=O)n2Cc1ccc(F)cc1. The number of pyridine rings is 1. The molecule has 1 aliphatic rings. The molecule has 0 radical (unpaired) electrons. The lowest BCUT2D eigenvalue weighted by Gasteiger charge is -2.37. The Bertz CT molecular complexity index is 1650. The fourth-order valence-corrected chi connectivity index (χ4v) is 5.16. The van der Waals surface area contributed by atoms with Crippen LogP contribution in [0.1, 0.15) is 27.0 Å². The molecule has 1 aromatic heterocycles. The molecule has 0 bridgehead atoms. The number of rotatable bonds is 4. The lowest BCUT2D eigenvalue weighted by atomic mass is 10.0. The highest BCUT2D eigenvalue weighted by atomic mass is 35.5. The van der Waals surface area contributed by atoms with Crippen molar-refractivity contribution in [2.45, 2.75) is 13.5 Å². The maximum Gasteiger partial charge on any atom is 0.271 e. The number of hydrogen-bond donors (Lipinski definition) is 0. The van der Waals surface area contributed by atoms with Gasteiger partial charge in [-0.2, -0.15) is 5.26 Å². The van der Waals surface area contributed by atoms with Gasteiger partial charge in [0, 0.05) is 37.1 Å². The molecule has 0 N–H and O–H groups in total. The number of halogens is 3. The minimum Gasteiger partial charge on any atom is -0.366 e. The Morgan fingerprint density at radius 3 is 2.34 bits per heavy atom. The second kappa shape index (κ2) is 10.5. The Kier molecular flexibility index (Phi) is 7.11. The quantitative estimate of drug-likeness (QED) is 0.331. The summed E-state index contributed by atoms with van der Waals surface area (Å²) in [5.74, 6) is -0.509. The molecule has 1 amide bonds. The third-order valence-corrected chi connectivity index (χ3v) is 7.55. The van der Waals surface area contributed by atoms with Crippen LogP contribution in [0.25, 0.3) is 10.9 Å². The van der Waals surface area contributed by atoms with Crippen molar-refractivity contribution in [3.63, 3.8) is 0 Å². The van der Waals surface area contributed by atoms with Gasteiger partial charge >= 0.3 is 0 Å². The third kappa shape index (κ3) is 4.85. The summed E-state index contributed by atoms with van der Waals surface area (Å²) < 4.78 is 15.0. The van der Waals surface area contributed by atoms with E-state index in [0.29, 0.717) is 53.0 Å². The number of carbonyl (C=O) groups is 1. The standard InChI is InChI=1S/C29H23Cl2FN4O2/c1-18-2-9-26-22(14-18)27(23(16-33)29(38)36(26)17-19-3-6-21(32)7-4-19)34-10-12-35(13-11-34)28(37)20-5-8-24(30)25(31)15-20/h2-9,14-15H,10-13,17H2,1H3. The van der Waals surface area contributed by atoms with Gasteiger partial charge in [-0.05, 0) is 55.0 Å². The lowest BCUT2D eigenvalue weighted by Crippen LogP contribution is -2.49. The average Bonchev–Trinajstić information content (AvgIpc) is 2.92. The molecular formula is C29H23Cl2FN4O2. The van der Waals surface area contributed by atoms with Crippen molar-refractivity contribution >= 4 is 45.7 Å². The van der Waals surface area contributed by atoms with Gasteiger partial charge in [-0.1, -0.05) is 47.0 Å². The van der Waals surface area contributed by atoms with E-state index in [1.54, 1.807) is 39.8 Å². The highest BCUT2D eigenvalue weighted by molar-refractivity contribution is 6.42. The Labute approximate surface area is 229 Å². The van der Waals surface area contributed by atoms with Gasteiger partial charge in [-0.3, -0.25) is 9.59 Å². The molecule has 38 heavy (non-hydrogen) atoms. The number of hydrogen-bond acceptors (Lipinski definition) is 4. The van der Waals surface area contributed by atoms with E-state index in [0.717, 1.165) is 16.5 Å². The molecule has 6 nitrogen and oxygen atoms in total. The van der Waals surface area contributed by atoms with Crippen LogP contribution >= 0.6 is 23.2 Å². The van der Waals surface area contributed by atoms with Crippen LogP contribution < -0.4 is 10.5 Å². The third-order valence-electron chi connectivity index (χ3n) is 6.81. The Morgan fingerprint density at radius 2 is 1.68 bits per heavy atom. The molecule has 1 saturated heterocycles. The molecule has 0 spiro atoms. The molecule has 4 aromatic rings. The van der Waals surface area contributed by atoms with Gasteiger partial charge < -0.3 is 14.4 Å². The molecule has 0 unspecified atom stereocenters. The number of anilines is 1. The van der Waals surface area contributed by atoms with Crippen molar-refractivity contribution in [2.24, 2.45) is 0 Å². The largest absolute Gasteiger partial charge is 0.366 e. The maximum absolute atomic E-state index is 13.6. The van der Waals surface area contributed by atoms with Crippen molar-refractivity contribution < 1.29 is 9.18 Å². The first kappa shape index (κ1) is 25.8. The predicted molar refractivity (Wildman–Crippen MR) is 148 cm³/mol. The fraction of sp³-hybridized carbons (Fsp3) is 0.207. The first-order valence-electron chi connectivity index (χ1n) is 12.1. The number of aromatic nitrogens is 1. The summed E-state index contributed by atoms with van der Waals surface area (Å²) in [6, 6.07) is 18.7. The Morgan fingerprint density at radius 1 is 0.974 bits per heavy atom. The molecule has 192 valence electrons. The first-order chi connectivity index (χ1) is 18.3. The van der Waals surface area contributed by atoms with Gasteiger partial charge in [0.1, 0.15) is 17.4 Å². The number of aryl methyl sites for hydroxylation is 1. The van der Waals surface area contributed by atoms with E-state index in [4.69, 9.17) is 23.2 Å².